The van der Waals surface area contributed by atoms with Crippen LogP contribution in [0.4, 0.5) is 0 Å². The number of benzene rings is 2. The predicted octanol–water partition coefficient (Wildman–Crippen LogP) is 2.91. The SMILES string of the molecule is O=C(Oc1ccc(-c2nc3ccccc3c(=O)[nH]2)cc1)C1CC1. The van der Waals surface area contributed by atoms with Gasteiger partial charge in [0.2, 0.25) is 0 Å². The molecule has 2 aromatic carbocycles. The van der Waals surface area contributed by atoms with Crippen LogP contribution in [0.5, 0.6) is 5.75 Å². The lowest BCUT2D eigenvalue weighted by molar-refractivity contribution is -0.135. The Bertz CT molecular complexity index is 940. The number of hydrogen-bond donors (Lipinski definition) is 1. The van der Waals surface area contributed by atoms with Crippen molar-refractivity contribution >= 4 is 16.9 Å². The Morgan fingerprint density at radius 1 is 1.09 bits per heavy atom. The molecule has 0 spiro atoms. The predicted molar refractivity (Wildman–Crippen MR) is 86.2 cm³/mol. The lowest BCUT2D eigenvalue weighted by atomic mass is 10.2. The number of nitrogens with one attached hydrogen (secondary N) is 1. The fourth-order valence-electron chi connectivity index (χ4n) is 2.42. The van der Waals surface area contributed by atoms with E-state index in [0.717, 1.165) is 18.4 Å². The highest BCUT2D eigenvalue weighted by atomic mass is 16.5. The van der Waals surface area contributed by atoms with Gasteiger partial charge in [-0.1, -0.05) is 12.1 Å². The average molecular weight is 306 g/mol. The fourth-order valence-corrected chi connectivity index (χ4v) is 2.42. The molecule has 0 saturated heterocycles. The van der Waals surface area contributed by atoms with Crippen molar-refractivity contribution < 1.29 is 9.53 Å². The minimum absolute atomic E-state index is 0.0631. The summed E-state index contributed by atoms with van der Waals surface area (Å²) in [6.45, 7) is 0. The minimum atomic E-state index is -0.171. The number of H-pyrrole nitrogens is 1. The van der Waals surface area contributed by atoms with Gasteiger partial charge in [0.25, 0.3) is 5.56 Å². The highest BCUT2D eigenvalue weighted by Crippen LogP contribution is 2.31. The Hall–Kier alpha value is -2.95. The molecule has 5 nitrogen and oxygen atoms in total. The molecule has 114 valence electrons. The normalized spacial score (nSPS) is 13.9. The summed E-state index contributed by atoms with van der Waals surface area (Å²) in [6.07, 6.45) is 1.83. The van der Waals surface area contributed by atoms with Gasteiger partial charge in [-0.15, -0.1) is 0 Å². The molecule has 0 unspecified atom stereocenters. The van der Waals surface area contributed by atoms with Crippen LogP contribution in [0.3, 0.4) is 0 Å². The third kappa shape index (κ3) is 2.73. The molecule has 1 aliphatic rings. The molecular formula is C18H14N2O3. The summed E-state index contributed by atoms with van der Waals surface area (Å²) in [5.41, 5.74) is 1.24. The van der Waals surface area contributed by atoms with Gasteiger partial charge in [-0.05, 0) is 49.2 Å². The second kappa shape index (κ2) is 5.35. The summed E-state index contributed by atoms with van der Waals surface area (Å²) >= 11 is 0. The van der Waals surface area contributed by atoms with E-state index >= 15 is 0 Å². The van der Waals surface area contributed by atoms with Gasteiger partial charge in [0.1, 0.15) is 11.6 Å². The second-order valence-electron chi connectivity index (χ2n) is 5.65. The van der Waals surface area contributed by atoms with E-state index in [1.165, 1.54) is 0 Å². The Kier molecular flexibility index (Phi) is 3.19. The first-order valence-electron chi connectivity index (χ1n) is 7.52. The second-order valence-corrected chi connectivity index (χ2v) is 5.65. The number of esters is 1. The van der Waals surface area contributed by atoms with Crippen LogP contribution >= 0.6 is 0 Å². The van der Waals surface area contributed by atoms with Crippen LogP contribution in [0, 0.1) is 5.92 Å². The van der Waals surface area contributed by atoms with E-state index in [1.807, 2.05) is 12.1 Å². The molecule has 1 heterocycles. The van der Waals surface area contributed by atoms with E-state index in [9.17, 15) is 9.59 Å². The van der Waals surface area contributed by atoms with Crippen molar-refractivity contribution in [2.75, 3.05) is 0 Å². The van der Waals surface area contributed by atoms with E-state index in [-0.39, 0.29) is 17.4 Å². The number of ether oxygens (including phenoxy) is 1. The standard InChI is InChI=1S/C18H14N2O3/c21-17-14-3-1-2-4-15(14)19-16(20-17)11-7-9-13(10-8-11)23-18(22)12-5-6-12/h1-4,7-10,12H,5-6H2,(H,19,20,21). The van der Waals surface area contributed by atoms with Crippen molar-refractivity contribution in [1.82, 2.24) is 9.97 Å². The van der Waals surface area contributed by atoms with E-state index in [4.69, 9.17) is 4.74 Å². The third-order valence-corrected chi connectivity index (χ3v) is 3.87. The Balaban J connectivity index is 1.65. The van der Waals surface area contributed by atoms with Crippen molar-refractivity contribution in [3.63, 3.8) is 0 Å². The van der Waals surface area contributed by atoms with Crippen LogP contribution in [-0.2, 0) is 4.79 Å². The zero-order valence-corrected chi connectivity index (χ0v) is 12.3. The highest BCUT2D eigenvalue weighted by molar-refractivity contribution is 5.79. The van der Waals surface area contributed by atoms with Gasteiger partial charge in [-0.25, -0.2) is 4.98 Å². The molecule has 0 radical (unpaired) electrons. The molecular weight excluding hydrogens is 292 g/mol. The first kappa shape index (κ1) is 13.7. The maximum atomic E-state index is 12.1. The summed E-state index contributed by atoms with van der Waals surface area (Å²) in [5, 5.41) is 0.561. The van der Waals surface area contributed by atoms with E-state index < -0.39 is 0 Å². The van der Waals surface area contributed by atoms with Crippen LogP contribution in [0.1, 0.15) is 12.8 Å². The Morgan fingerprint density at radius 3 is 2.57 bits per heavy atom. The van der Waals surface area contributed by atoms with Gasteiger partial charge in [0.05, 0.1) is 16.8 Å². The maximum Gasteiger partial charge on any atom is 0.314 e. The molecule has 1 aliphatic carbocycles. The first-order chi connectivity index (χ1) is 11.2. The van der Waals surface area contributed by atoms with Crippen molar-refractivity contribution in [3.05, 3.63) is 58.9 Å². The topological polar surface area (TPSA) is 72.0 Å². The lowest BCUT2D eigenvalue weighted by Gasteiger charge is -2.06. The molecule has 1 aromatic heterocycles. The number of aromatic amines is 1. The van der Waals surface area contributed by atoms with E-state index in [1.54, 1.807) is 36.4 Å². The molecule has 5 heteroatoms. The number of rotatable bonds is 3. The average Bonchev–Trinajstić information content (AvgIpc) is 3.40. The fraction of sp³-hybridized carbons (Fsp3) is 0.167. The summed E-state index contributed by atoms with van der Waals surface area (Å²) in [7, 11) is 0. The zero-order valence-electron chi connectivity index (χ0n) is 12.3. The zero-order chi connectivity index (χ0) is 15.8. The molecule has 23 heavy (non-hydrogen) atoms. The van der Waals surface area contributed by atoms with Crippen molar-refractivity contribution in [1.29, 1.82) is 0 Å². The molecule has 3 aromatic rings. The number of carbonyl (C=O) groups excluding carboxylic acids is 1. The summed E-state index contributed by atoms with van der Waals surface area (Å²) < 4.78 is 5.29. The van der Waals surface area contributed by atoms with Gasteiger partial charge in [0, 0.05) is 5.56 Å². The molecule has 1 N–H and O–H groups in total. The van der Waals surface area contributed by atoms with Gasteiger partial charge in [0.15, 0.2) is 0 Å². The number of para-hydroxylation sites is 1. The van der Waals surface area contributed by atoms with Crippen molar-refractivity contribution in [2.24, 2.45) is 5.92 Å². The van der Waals surface area contributed by atoms with Crippen molar-refractivity contribution in [3.8, 4) is 17.1 Å². The minimum Gasteiger partial charge on any atom is -0.426 e. The first-order valence-corrected chi connectivity index (χ1v) is 7.52. The molecule has 1 fully saturated rings. The molecule has 0 amide bonds. The van der Waals surface area contributed by atoms with Crippen LogP contribution < -0.4 is 10.3 Å². The smallest absolute Gasteiger partial charge is 0.314 e. The highest BCUT2D eigenvalue weighted by Gasteiger charge is 2.31. The largest absolute Gasteiger partial charge is 0.426 e. The van der Waals surface area contributed by atoms with Crippen LogP contribution in [0.15, 0.2) is 53.3 Å². The monoisotopic (exact) mass is 306 g/mol. The number of carbonyl (C=O) groups is 1. The summed E-state index contributed by atoms with van der Waals surface area (Å²) in [6, 6.07) is 14.2. The van der Waals surface area contributed by atoms with Crippen LogP contribution in [-0.4, -0.2) is 15.9 Å². The quantitative estimate of drug-likeness (QED) is 0.596. The maximum absolute atomic E-state index is 12.1. The summed E-state index contributed by atoms with van der Waals surface area (Å²) in [5.74, 6) is 0.894. The Morgan fingerprint density at radius 2 is 1.83 bits per heavy atom. The lowest BCUT2D eigenvalue weighted by Crippen LogP contribution is -2.10. The van der Waals surface area contributed by atoms with E-state index in [2.05, 4.69) is 9.97 Å². The summed E-state index contributed by atoms with van der Waals surface area (Å²) in [4.78, 5) is 31.0. The number of hydrogen-bond acceptors (Lipinski definition) is 4. The third-order valence-electron chi connectivity index (χ3n) is 3.87. The van der Waals surface area contributed by atoms with Crippen LogP contribution in [0.25, 0.3) is 22.3 Å². The number of nitrogens with zero attached hydrogens (tertiary/aromatic N) is 1. The van der Waals surface area contributed by atoms with Gasteiger partial charge in [-0.2, -0.15) is 0 Å². The van der Waals surface area contributed by atoms with E-state index in [0.29, 0.717) is 22.5 Å². The Labute approximate surface area is 131 Å². The number of aromatic nitrogens is 2. The van der Waals surface area contributed by atoms with Gasteiger partial charge >= 0.3 is 5.97 Å². The number of fused-ring (bicyclic) bond motifs is 1. The molecule has 4 rings (SSSR count). The van der Waals surface area contributed by atoms with Crippen LogP contribution in [0.2, 0.25) is 0 Å². The van der Waals surface area contributed by atoms with Gasteiger partial charge < -0.3 is 9.72 Å². The molecule has 0 atom stereocenters. The molecule has 1 saturated carbocycles. The molecule has 0 bridgehead atoms. The van der Waals surface area contributed by atoms with Gasteiger partial charge in [-0.3, -0.25) is 9.59 Å². The molecule has 0 aliphatic heterocycles. The van der Waals surface area contributed by atoms with Crippen molar-refractivity contribution in [2.45, 2.75) is 12.8 Å².